The van der Waals surface area contributed by atoms with Crippen LogP contribution in [0.5, 0.6) is 5.75 Å². The van der Waals surface area contributed by atoms with Gasteiger partial charge in [0.05, 0.1) is 10.6 Å². The topological polar surface area (TPSA) is 98.9 Å². The summed E-state index contributed by atoms with van der Waals surface area (Å²) in [6.07, 6.45) is 0.570. The number of hydrogen-bond donors (Lipinski definition) is 0. The zero-order chi connectivity index (χ0) is 19.3. The molecule has 2 aromatic rings. The predicted octanol–water partition coefficient (Wildman–Crippen LogP) is 2.03. The van der Waals surface area contributed by atoms with Crippen LogP contribution in [0.25, 0.3) is 0 Å². The van der Waals surface area contributed by atoms with E-state index < -0.39 is 16.0 Å². The minimum atomic E-state index is -3.47. The van der Waals surface area contributed by atoms with Gasteiger partial charge < -0.3 is 14.0 Å². The van der Waals surface area contributed by atoms with Gasteiger partial charge in [0.2, 0.25) is 10.0 Å². The molecule has 1 aromatic heterocycles. The Morgan fingerprint density at radius 1 is 1.19 bits per heavy atom. The van der Waals surface area contributed by atoms with Crippen LogP contribution >= 0.6 is 0 Å². The molecule has 0 saturated heterocycles. The number of carbonyl (C=O) groups is 1. The standard InChI is InChI=1S/C17H22N2O6S/c1-5-15-16(12(2)25-18-15)17(20)24-11-10-23-13-6-8-14(9-7-13)26(21,22)19(3)4/h6-9H,5,10-11H2,1-4H3. The zero-order valence-electron chi connectivity index (χ0n) is 15.2. The van der Waals surface area contributed by atoms with Crippen molar-refractivity contribution in [2.45, 2.75) is 25.2 Å². The first-order valence-electron chi connectivity index (χ1n) is 8.05. The fraction of sp³-hybridized carbons (Fsp3) is 0.412. The summed E-state index contributed by atoms with van der Waals surface area (Å²) >= 11 is 0. The van der Waals surface area contributed by atoms with Crippen molar-refractivity contribution in [2.75, 3.05) is 27.3 Å². The molecule has 0 spiro atoms. The van der Waals surface area contributed by atoms with E-state index in [0.717, 1.165) is 4.31 Å². The summed E-state index contributed by atoms with van der Waals surface area (Å²) in [4.78, 5) is 12.3. The minimum Gasteiger partial charge on any atom is -0.490 e. The largest absolute Gasteiger partial charge is 0.490 e. The second-order valence-corrected chi connectivity index (χ2v) is 7.81. The first-order chi connectivity index (χ1) is 12.3. The Balaban J connectivity index is 1.87. The molecule has 0 radical (unpaired) electrons. The summed E-state index contributed by atoms with van der Waals surface area (Å²) in [5, 5.41) is 3.81. The number of ether oxygens (including phenoxy) is 2. The summed E-state index contributed by atoms with van der Waals surface area (Å²) < 4.78 is 40.8. The van der Waals surface area contributed by atoms with Gasteiger partial charge in [0.25, 0.3) is 0 Å². The van der Waals surface area contributed by atoms with Crippen LogP contribution in [0.15, 0.2) is 33.7 Å². The molecular formula is C17H22N2O6S. The number of nitrogens with zero attached hydrogens (tertiary/aromatic N) is 2. The molecule has 1 heterocycles. The average molecular weight is 382 g/mol. The highest BCUT2D eigenvalue weighted by Crippen LogP contribution is 2.18. The Bertz CT molecular complexity index is 856. The molecule has 0 atom stereocenters. The average Bonchev–Trinajstić information content (AvgIpc) is 2.99. The van der Waals surface area contributed by atoms with Gasteiger partial charge in [-0.3, -0.25) is 0 Å². The van der Waals surface area contributed by atoms with Crippen LogP contribution in [0.4, 0.5) is 0 Å². The third-order valence-corrected chi connectivity index (χ3v) is 5.49. The summed E-state index contributed by atoms with van der Waals surface area (Å²) in [5.74, 6) is 0.399. The summed E-state index contributed by atoms with van der Waals surface area (Å²) in [5.41, 5.74) is 0.914. The van der Waals surface area contributed by atoms with Crippen molar-refractivity contribution < 1.29 is 27.2 Å². The number of benzene rings is 1. The van der Waals surface area contributed by atoms with Crippen LogP contribution in [0.1, 0.15) is 28.7 Å². The summed E-state index contributed by atoms with van der Waals surface area (Å²) in [7, 11) is -0.537. The number of carbonyl (C=O) groups excluding carboxylic acids is 1. The van der Waals surface area contributed by atoms with Gasteiger partial charge in [-0.2, -0.15) is 0 Å². The van der Waals surface area contributed by atoms with Gasteiger partial charge in [0.1, 0.15) is 30.3 Å². The molecule has 0 aliphatic carbocycles. The van der Waals surface area contributed by atoms with Crippen LogP contribution in [0.2, 0.25) is 0 Å². The van der Waals surface area contributed by atoms with Crippen molar-refractivity contribution in [3.63, 3.8) is 0 Å². The van der Waals surface area contributed by atoms with Gasteiger partial charge >= 0.3 is 5.97 Å². The third kappa shape index (κ3) is 4.41. The first kappa shape index (κ1) is 19.9. The normalized spacial score (nSPS) is 11.6. The molecule has 0 N–H and O–H groups in total. The molecule has 2 rings (SSSR count). The smallest absolute Gasteiger partial charge is 0.343 e. The minimum absolute atomic E-state index is 0.0460. The maximum absolute atomic E-state index is 12.1. The quantitative estimate of drug-likeness (QED) is 0.509. The SMILES string of the molecule is CCc1noc(C)c1C(=O)OCCOc1ccc(S(=O)(=O)N(C)C)cc1. The van der Waals surface area contributed by atoms with Gasteiger partial charge in [0.15, 0.2) is 0 Å². The van der Waals surface area contributed by atoms with Crippen LogP contribution in [-0.4, -0.2) is 51.2 Å². The van der Waals surface area contributed by atoms with E-state index in [1.165, 1.54) is 26.2 Å². The van der Waals surface area contributed by atoms with Crippen LogP contribution < -0.4 is 4.74 Å². The Morgan fingerprint density at radius 2 is 1.85 bits per heavy atom. The monoisotopic (exact) mass is 382 g/mol. The van der Waals surface area contributed by atoms with Crippen molar-refractivity contribution in [1.82, 2.24) is 9.46 Å². The maximum atomic E-state index is 12.1. The number of sulfonamides is 1. The molecule has 0 fully saturated rings. The van der Waals surface area contributed by atoms with Crippen molar-refractivity contribution in [3.05, 3.63) is 41.3 Å². The maximum Gasteiger partial charge on any atom is 0.343 e. The van der Waals surface area contributed by atoms with Crippen molar-refractivity contribution >= 4 is 16.0 Å². The summed E-state index contributed by atoms with van der Waals surface area (Å²) in [6.45, 7) is 3.71. The molecule has 9 heteroatoms. The van der Waals surface area contributed by atoms with E-state index in [0.29, 0.717) is 29.2 Å². The fourth-order valence-corrected chi connectivity index (χ4v) is 3.11. The zero-order valence-corrected chi connectivity index (χ0v) is 16.0. The summed E-state index contributed by atoms with van der Waals surface area (Å²) in [6, 6.07) is 6.03. The van der Waals surface area contributed by atoms with Crippen LogP contribution in [-0.2, 0) is 21.2 Å². The van der Waals surface area contributed by atoms with Crippen LogP contribution in [0, 0.1) is 6.92 Å². The second kappa shape index (κ2) is 8.33. The van der Waals surface area contributed by atoms with E-state index >= 15 is 0 Å². The Hall–Kier alpha value is -2.39. The highest BCUT2D eigenvalue weighted by molar-refractivity contribution is 7.89. The fourth-order valence-electron chi connectivity index (χ4n) is 2.21. The predicted molar refractivity (Wildman–Crippen MR) is 93.7 cm³/mol. The highest BCUT2D eigenvalue weighted by Gasteiger charge is 2.20. The molecule has 26 heavy (non-hydrogen) atoms. The molecule has 0 aliphatic rings. The number of hydrogen-bond acceptors (Lipinski definition) is 7. The van der Waals surface area contributed by atoms with Gasteiger partial charge in [-0.05, 0) is 37.6 Å². The second-order valence-electron chi connectivity index (χ2n) is 5.66. The van der Waals surface area contributed by atoms with E-state index in [9.17, 15) is 13.2 Å². The number of esters is 1. The van der Waals surface area contributed by atoms with E-state index in [1.807, 2.05) is 6.92 Å². The Morgan fingerprint density at radius 3 is 2.42 bits per heavy atom. The van der Waals surface area contributed by atoms with Crippen molar-refractivity contribution in [2.24, 2.45) is 0 Å². The lowest BCUT2D eigenvalue weighted by Crippen LogP contribution is -2.22. The lowest BCUT2D eigenvalue weighted by molar-refractivity contribution is 0.0447. The molecule has 0 amide bonds. The molecule has 0 unspecified atom stereocenters. The molecule has 8 nitrogen and oxygen atoms in total. The van der Waals surface area contributed by atoms with E-state index in [2.05, 4.69) is 5.16 Å². The lowest BCUT2D eigenvalue weighted by atomic mass is 10.1. The molecular weight excluding hydrogens is 360 g/mol. The van der Waals surface area contributed by atoms with Crippen molar-refractivity contribution in [1.29, 1.82) is 0 Å². The van der Waals surface area contributed by atoms with Gasteiger partial charge in [-0.25, -0.2) is 17.5 Å². The molecule has 0 saturated carbocycles. The van der Waals surface area contributed by atoms with Crippen LogP contribution in [0.3, 0.4) is 0 Å². The Labute approximate surface area is 152 Å². The third-order valence-electron chi connectivity index (χ3n) is 3.66. The van der Waals surface area contributed by atoms with Gasteiger partial charge in [-0.15, -0.1) is 0 Å². The molecule has 1 aromatic carbocycles. The van der Waals surface area contributed by atoms with Crippen molar-refractivity contribution in [3.8, 4) is 5.75 Å². The number of aryl methyl sites for hydroxylation is 2. The van der Waals surface area contributed by atoms with Gasteiger partial charge in [0, 0.05) is 14.1 Å². The highest BCUT2D eigenvalue weighted by atomic mass is 32.2. The number of rotatable bonds is 8. The molecule has 0 bridgehead atoms. The van der Waals surface area contributed by atoms with E-state index in [-0.39, 0.29) is 18.1 Å². The first-order valence-corrected chi connectivity index (χ1v) is 9.49. The van der Waals surface area contributed by atoms with E-state index in [4.69, 9.17) is 14.0 Å². The number of aromatic nitrogens is 1. The molecule has 0 aliphatic heterocycles. The Kier molecular flexibility index (Phi) is 6.38. The lowest BCUT2D eigenvalue weighted by Gasteiger charge is -2.12. The van der Waals surface area contributed by atoms with E-state index in [1.54, 1.807) is 19.1 Å². The molecule has 142 valence electrons. The van der Waals surface area contributed by atoms with Gasteiger partial charge in [-0.1, -0.05) is 12.1 Å².